The lowest BCUT2D eigenvalue weighted by molar-refractivity contribution is -0.137. The van der Waals surface area contributed by atoms with Gasteiger partial charge in [0.05, 0.1) is 12.1 Å². The predicted molar refractivity (Wildman–Crippen MR) is 71.1 cm³/mol. The van der Waals surface area contributed by atoms with Crippen molar-refractivity contribution < 1.29 is 9.90 Å². The zero-order valence-corrected chi connectivity index (χ0v) is 11.2. The van der Waals surface area contributed by atoms with Crippen LogP contribution in [0.4, 0.5) is 5.69 Å². The number of thioether (sulfide) groups is 1. The molecule has 1 unspecified atom stereocenters. The number of carbonyl (C=O) groups is 1. The van der Waals surface area contributed by atoms with E-state index in [1.165, 1.54) is 21.7 Å². The molecule has 0 saturated heterocycles. The molecule has 1 aliphatic heterocycles. The molecule has 1 aliphatic rings. The van der Waals surface area contributed by atoms with E-state index in [2.05, 4.69) is 30.9 Å². The van der Waals surface area contributed by atoms with Gasteiger partial charge in [0.25, 0.3) is 0 Å². The highest BCUT2D eigenvalue weighted by Crippen LogP contribution is 2.40. The molecule has 2 rings (SSSR count). The van der Waals surface area contributed by atoms with Gasteiger partial charge >= 0.3 is 5.97 Å². The van der Waals surface area contributed by atoms with E-state index in [1.54, 1.807) is 11.8 Å². The summed E-state index contributed by atoms with van der Waals surface area (Å²) in [4.78, 5) is 14.2. The van der Waals surface area contributed by atoms with Gasteiger partial charge in [-0.05, 0) is 31.0 Å². The SMILES string of the molecule is Cc1ccc2c(c1C)N(C)C(CC(=O)O)CS2. The molecular weight excluding hydrogens is 234 g/mol. The molecule has 0 aliphatic carbocycles. The van der Waals surface area contributed by atoms with Gasteiger partial charge in [-0.2, -0.15) is 0 Å². The second kappa shape index (κ2) is 4.61. The van der Waals surface area contributed by atoms with E-state index in [9.17, 15) is 4.79 Å². The minimum atomic E-state index is -0.726. The summed E-state index contributed by atoms with van der Waals surface area (Å²) in [7, 11) is 2.00. The number of carboxylic acids is 1. The van der Waals surface area contributed by atoms with Crippen molar-refractivity contribution in [2.75, 3.05) is 17.7 Å². The van der Waals surface area contributed by atoms with E-state index in [1.807, 2.05) is 7.05 Å². The van der Waals surface area contributed by atoms with E-state index in [0.29, 0.717) is 0 Å². The molecule has 0 aromatic heterocycles. The van der Waals surface area contributed by atoms with Crippen molar-refractivity contribution in [3.05, 3.63) is 23.3 Å². The van der Waals surface area contributed by atoms with Gasteiger partial charge in [0.1, 0.15) is 0 Å². The van der Waals surface area contributed by atoms with Crippen LogP contribution in [0.15, 0.2) is 17.0 Å². The van der Waals surface area contributed by atoms with Crippen molar-refractivity contribution in [3.63, 3.8) is 0 Å². The Morgan fingerprint density at radius 2 is 2.24 bits per heavy atom. The largest absolute Gasteiger partial charge is 0.481 e. The average Bonchev–Trinajstić information content (AvgIpc) is 2.26. The maximum Gasteiger partial charge on any atom is 0.305 e. The Morgan fingerprint density at radius 1 is 1.53 bits per heavy atom. The highest BCUT2D eigenvalue weighted by Gasteiger charge is 2.27. The minimum Gasteiger partial charge on any atom is -0.481 e. The van der Waals surface area contributed by atoms with E-state index in [-0.39, 0.29) is 12.5 Å². The lowest BCUT2D eigenvalue weighted by Crippen LogP contribution is -2.38. The van der Waals surface area contributed by atoms with Crippen molar-refractivity contribution in [1.82, 2.24) is 0 Å². The Kier molecular flexibility index (Phi) is 3.33. The lowest BCUT2D eigenvalue weighted by Gasteiger charge is -2.36. The van der Waals surface area contributed by atoms with Crippen LogP contribution in [0, 0.1) is 13.8 Å². The monoisotopic (exact) mass is 251 g/mol. The van der Waals surface area contributed by atoms with Crippen LogP contribution in [0.3, 0.4) is 0 Å². The van der Waals surface area contributed by atoms with E-state index in [0.717, 1.165) is 5.75 Å². The molecule has 3 nitrogen and oxygen atoms in total. The second-order valence-electron chi connectivity index (χ2n) is 4.53. The van der Waals surface area contributed by atoms with Gasteiger partial charge in [-0.3, -0.25) is 4.79 Å². The Hall–Kier alpha value is -1.16. The number of aryl methyl sites for hydroxylation is 1. The topological polar surface area (TPSA) is 40.5 Å². The quantitative estimate of drug-likeness (QED) is 0.877. The Bertz CT molecular complexity index is 459. The number of hydrogen-bond acceptors (Lipinski definition) is 3. The number of rotatable bonds is 2. The smallest absolute Gasteiger partial charge is 0.305 e. The maximum atomic E-state index is 10.8. The van der Waals surface area contributed by atoms with Gasteiger partial charge in [0.15, 0.2) is 0 Å². The highest BCUT2D eigenvalue weighted by molar-refractivity contribution is 7.99. The standard InChI is InChI=1S/C13H17NO2S/c1-8-4-5-11-13(9(8)2)14(3)10(7-17-11)6-12(15)16/h4-5,10H,6-7H2,1-3H3,(H,15,16). The highest BCUT2D eigenvalue weighted by atomic mass is 32.2. The van der Waals surface area contributed by atoms with Crippen LogP contribution in [-0.2, 0) is 4.79 Å². The van der Waals surface area contributed by atoms with Crippen LogP contribution in [0.5, 0.6) is 0 Å². The third kappa shape index (κ3) is 2.27. The zero-order valence-electron chi connectivity index (χ0n) is 10.4. The van der Waals surface area contributed by atoms with Crippen molar-refractivity contribution in [2.24, 2.45) is 0 Å². The number of benzene rings is 1. The van der Waals surface area contributed by atoms with Crippen molar-refractivity contribution in [3.8, 4) is 0 Å². The second-order valence-corrected chi connectivity index (χ2v) is 5.59. The fourth-order valence-corrected chi connectivity index (χ4v) is 3.52. The fourth-order valence-electron chi connectivity index (χ4n) is 2.21. The molecule has 0 amide bonds. The molecule has 1 heterocycles. The minimum absolute atomic E-state index is 0.0884. The first kappa shape index (κ1) is 12.3. The van der Waals surface area contributed by atoms with Crippen molar-refractivity contribution >= 4 is 23.4 Å². The van der Waals surface area contributed by atoms with E-state index in [4.69, 9.17) is 5.11 Å². The number of hydrogen-bond donors (Lipinski definition) is 1. The van der Waals surface area contributed by atoms with Gasteiger partial charge in [0.2, 0.25) is 0 Å². The molecule has 0 bridgehead atoms. The molecule has 17 heavy (non-hydrogen) atoms. The molecule has 1 atom stereocenters. The first-order valence-corrected chi connectivity index (χ1v) is 6.67. The molecule has 92 valence electrons. The molecule has 1 aromatic rings. The number of aliphatic carboxylic acids is 1. The third-order valence-electron chi connectivity index (χ3n) is 3.41. The Labute approximate surface area is 106 Å². The normalized spacial score (nSPS) is 19.0. The molecule has 1 N–H and O–H groups in total. The van der Waals surface area contributed by atoms with E-state index >= 15 is 0 Å². The van der Waals surface area contributed by atoms with Crippen LogP contribution in [-0.4, -0.2) is 29.9 Å². The Balaban J connectivity index is 2.37. The molecule has 0 radical (unpaired) electrons. The van der Waals surface area contributed by atoms with Crippen molar-refractivity contribution in [2.45, 2.75) is 31.2 Å². The summed E-state index contributed by atoms with van der Waals surface area (Å²) in [5.74, 6) is 0.120. The first-order valence-electron chi connectivity index (χ1n) is 5.68. The molecule has 0 spiro atoms. The summed E-state index contributed by atoms with van der Waals surface area (Å²) in [6.45, 7) is 4.20. The molecule has 0 saturated carbocycles. The van der Waals surface area contributed by atoms with Crippen LogP contribution < -0.4 is 4.90 Å². The summed E-state index contributed by atoms with van der Waals surface area (Å²) in [6, 6.07) is 4.35. The van der Waals surface area contributed by atoms with Crippen LogP contribution in [0.25, 0.3) is 0 Å². The number of carboxylic acid groups (broad SMARTS) is 1. The zero-order chi connectivity index (χ0) is 12.6. The van der Waals surface area contributed by atoms with Crippen LogP contribution >= 0.6 is 11.8 Å². The lowest BCUT2D eigenvalue weighted by atomic mass is 10.1. The number of fused-ring (bicyclic) bond motifs is 1. The predicted octanol–water partition coefficient (Wildman–Crippen LogP) is 2.69. The summed E-state index contributed by atoms with van der Waals surface area (Å²) in [5, 5.41) is 8.92. The van der Waals surface area contributed by atoms with Gasteiger partial charge < -0.3 is 10.0 Å². The van der Waals surface area contributed by atoms with Gasteiger partial charge in [-0.15, -0.1) is 11.8 Å². The van der Waals surface area contributed by atoms with Gasteiger partial charge in [-0.25, -0.2) is 0 Å². The average molecular weight is 251 g/mol. The summed E-state index contributed by atoms with van der Waals surface area (Å²) < 4.78 is 0. The van der Waals surface area contributed by atoms with Gasteiger partial charge in [0, 0.05) is 23.7 Å². The summed E-state index contributed by atoms with van der Waals surface area (Å²) in [6.07, 6.45) is 0.205. The van der Waals surface area contributed by atoms with Crippen molar-refractivity contribution in [1.29, 1.82) is 0 Å². The van der Waals surface area contributed by atoms with Crippen LogP contribution in [0.2, 0.25) is 0 Å². The fraction of sp³-hybridized carbons (Fsp3) is 0.462. The van der Waals surface area contributed by atoms with E-state index < -0.39 is 5.97 Å². The van der Waals surface area contributed by atoms with Crippen LogP contribution in [0.1, 0.15) is 17.5 Å². The summed E-state index contributed by atoms with van der Waals surface area (Å²) >= 11 is 1.76. The number of nitrogens with zero attached hydrogens (tertiary/aromatic N) is 1. The summed E-state index contributed by atoms with van der Waals surface area (Å²) in [5.41, 5.74) is 3.72. The Morgan fingerprint density at radius 3 is 2.88 bits per heavy atom. The molecule has 0 fully saturated rings. The molecule has 4 heteroatoms. The third-order valence-corrected chi connectivity index (χ3v) is 4.60. The molecular formula is C13H17NO2S. The van der Waals surface area contributed by atoms with Gasteiger partial charge in [-0.1, -0.05) is 6.07 Å². The molecule has 1 aromatic carbocycles. The first-order chi connectivity index (χ1) is 8.00. The number of anilines is 1. The maximum absolute atomic E-state index is 10.8.